The first-order valence-electron chi connectivity index (χ1n) is 6.24. The van der Waals surface area contributed by atoms with Crippen LogP contribution in [0.3, 0.4) is 0 Å². The zero-order chi connectivity index (χ0) is 11.2. The lowest BCUT2D eigenvalue weighted by Crippen LogP contribution is -2.37. The molecule has 0 N–H and O–H groups in total. The van der Waals surface area contributed by atoms with Crippen LogP contribution in [0.1, 0.15) is 37.2 Å². The van der Waals surface area contributed by atoms with E-state index in [9.17, 15) is 0 Å². The van der Waals surface area contributed by atoms with Gasteiger partial charge in [0.25, 0.3) is 0 Å². The number of hydrogen-bond donors (Lipinski definition) is 0. The van der Waals surface area contributed by atoms with Crippen LogP contribution in [0.5, 0.6) is 0 Å². The maximum atomic E-state index is 4.57. The number of rotatable bonds is 1. The Morgan fingerprint density at radius 1 is 1.19 bits per heavy atom. The van der Waals surface area contributed by atoms with Crippen molar-refractivity contribution < 1.29 is 0 Å². The van der Waals surface area contributed by atoms with Crippen molar-refractivity contribution in [2.45, 2.75) is 39.5 Å². The van der Waals surface area contributed by atoms with Gasteiger partial charge in [0.1, 0.15) is 11.6 Å². The van der Waals surface area contributed by atoms with E-state index >= 15 is 0 Å². The van der Waals surface area contributed by atoms with E-state index in [4.69, 9.17) is 0 Å². The Balaban J connectivity index is 1.85. The molecular formula is C13H19N3. The average Bonchev–Trinajstić information content (AvgIpc) is 2.96. The lowest BCUT2D eigenvalue weighted by atomic mass is 9.95. The van der Waals surface area contributed by atoms with Gasteiger partial charge in [0, 0.05) is 24.8 Å². The molecule has 16 heavy (non-hydrogen) atoms. The van der Waals surface area contributed by atoms with Crippen LogP contribution in [0.15, 0.2) is 6.07 Å². The van der Waals surface area contributed by atoms with Crippen LogP contribution in [0.4, 0.5) is 5.82 Å². The Bertz CT molecular complexity index is 389. The van der Waals surface area contributed by atoms with Gasteiger partial charge in [0.2, 0.25) is 0 Å². The third kappa shape index (κ3) is 1.79. The Morgan fingerprint density at radius 3 is 2.69 bits per heavy atom. The minimum atomic E-state index is 0.658. The fourth-order valence-electron chi connectivity index (χ4n) is 2.85. The predicted octanol–water partition coefficient (Wildman–Crippen LogP) is 2.47. The van der Waals surface area contributed by atoms with Gasteiger partial charge in [-0.2, -0.15) is 0 Å². The molecule has 1 aromatic heterocycles. The minimum absolute atomic E-state index is 0.658. The van der Waals surface area contributed by atoms with Gasteiger partial charge in [-0.25, -0.2) is 9.97 Å². The number of hydrogen-bond acceptors (Lipinski definition) is 3. The maximum absolute atomic E-state index is 4.57. The molecule has 2 fully saturated rings. The molecule has 0 aromatic carbocycles. The summed E-state index contributed by atoms with van der Waals surface area (Å²) in [5.74, 6) is 2.03. The molecule has 1 aliphatic heterocycles. The van der Waals surface area contributed by atoms with Gasteiger partial charge in [-0.15, -0.1) is 0 Å². The van der Waals surface area contributed by atoms with Gasteiger partial charge >= 0.3 is 0 Å². The highest BCUT2D eigenvalue weighted by Gasteiger charge is 2.45. The van der Waals surface area contributed by atoms with Crippen molar-refractivity contribution in [3.63, 3.8) is 0 Å². The number of anilines is 1. The molecule has 0 radical (unpaired) electrons. The molecule has 1 saturated heterocycles. The Hall–Kier alpha value is -1.12. The predicted molar refractivity (Wildman–Crippen MR) is 64.6 cm³/mol. The first-order valence-corrected chi connectivity index (χ1v) is 6.24. The molecule has 1 aliphatic carbocycles. The smallest absolute Gasteiger partial charge is 0.132 e. The van der Waals surface area contributed by atoms with E-state index in [-0.39, 0.29) is 0 Å². The van der Waals surface area contributed by atoms with Gasteiger partial charge in [-0.05, 0) is 44.9 Å². The van der Waals surface area contributed by atoms with Gasteiger partial charge in [0.15, 0.2) is 0 Å². The maximum Gasteiger partial charge on any atom is 0.132 e. The van der Waals surface area contributed by atoms with Crippen molar-refractivity contribution in [2.24, 2.45) is 5.41 Å². The molecule has 3 rings (SSSR count). The summed E-state index contributed by atoms with van der Waals surface area (Å²) < 4.78 is 0. The lowest BCUT2D eigenvalue weighted by molar-refractivity contribution is 0.393. The Kier molecular flexibility index (Phi) is 2.16. The van der Waals surface area contributed by atoms with Crippen molar-refractivity contribution in [3.05, 3.63) is 17.6 Å². The second-order valence-corrected chi connectivity index (χ2v) is 5.44. The number of nitrogens with zero attached hydrogens (tertiary/aromatic N) is 3. The van der Waals surface area contributed by atoms with Crippen LogP contribution >= 0.6 is 0 Å². The monoisotopic (exact) mass is 217 g/mol. The SMILES string of the molecule is Cc1cc(N2CCCC3(CC3)C2)nc(C)n1. The van der Waals surface area contributed by atoms with E-state index < -0.39 is 0 Å². The van der Waals surface area contributed by atoms with Gasteiger partial charge in [-0.3, -0.25) is 0 Å². The largest absolute Gasteiger partial charge is 0.356 e. The van der Waals surface area contributed by atoms with Gasteiger partial charge in [-0.1, -0.05) is 0 Å². The first kappa shape index (κ1) is 10.1. The normalized spacial score (nSPS) is 22.5. The summed E-state index contributed by atoms with van der Waals surface area (Å²) >= 11 is 0. The van der Waals surface area contributed by atoms with Crippen molar-refractivity contribution >= 4 is 5.82 Å². The molecule has 86 valence electrons. The van der Waals surface area contributed by atoms with E-state index in [0.29, 0.717) is 5.41 Å². The highest BCUT2D eigenvalue weighted by Crippen LogP contribution is 2.52. The zero-order valence-corrected chi connectivity index (χ0v) is 10.2. The Morgan fingerprint density at radius 2 is 2.00 bits per heavy atom. The second-order valence-electron chi connectivity index (χ2n) is 5.44. The summed E-state index contributed by atoms with van der Waals surface area (Å²) in [7, 11) is 0. The van der Waals surface area contributed by atoms with Gasteiger partial charge in [0.05, 0.1) is 0 Å². The zero-order valence-electron chi connectivity index (χ0n) is 10.2. The highest BCUT2D eigenvalue weighted by molar-refractivity contribution is 5.41. The summed E-state index contributed by atoms with van der Waals surface area (Å²) in [6, 6.07) is 2.12. The van der Waals surface area contributed by atoms with E-state index in [2.05, 4.69) is 27.9 Å². The Labute approximate surface area is 96.9 Å². The van der Waals surface area contributed by atoms with E-state index in [1.165, 1.54) is 32.2 Å². The second kappa shape index (κ2) is 3.44. The summed E-state index contributed by atoms with van der Waals surface area (Å²) in [5, 5.41) is 0. The van der Waals surface area contributed by atoms with Crippen LogP contribution in [0.25, 0.3) is 0 Å². The van der Waals surface area contributed by atoms with Crippen LogP contribution in [-0.4, -0.2) is 23.1 Å². The van der Waals surface area contributed by atoms with Crippen LogP contribution in [0, 0.1) is 19.3 Å². The topological polar surface area (TPSA) is 29.0 Å². The fourth-order valence-corrected chi connectivity index (χ4v) is 2.85. The molecule has 2 heterocycles. The first-order chi connectivity index (χ1) is 7.67. The number of aromatic nitrogens is 2. The van der Waals surface area contributed by atoms with Crippen LogP contribution < -0.4 is 4.90 Å². The molecule has 3 nitrogen and oxygen atoms in total. The molecule has 0 atom stereocenters. The lowest BCUT2D eigenvalue weighted by Gasteiger charge is -2.34. The number of piperidine rings is 1. The number of aryl methyl sites for hydroxylation is 2. The molecule has 0 amide bonds. The molecule has 0 unspecified atom stereocenters. The summed E-state index contributed by atoms with van der Waals surface area (Å²) in [5.41, 5.74) is 1.74. The third-order valence-electron chi connectivity index (χ3n) is 3.90. The molecular weight excluding hydrogens is 198 g/mol. The molecule has 0 bridgehead atoms. The van der Waals surface area contributed by atoms with Crippen molar-refractivity contribution in [2.75, 3.05) is 18.0 Å². The fraction of sp³-hybridized carbons (Fsp3) is 0.692. The third-order valence-corrected chi connectivity index (χ3v) is 3.90. The quantitative estimate of drug-likeness (QED) is 0.723. The molecule has 2 aliphatic rings. The molecule has 3 heteroatoms. The van der Waals surface area contributed by atoms with Crippen LogP contribution in [-0.2, 0) is 0 Å². The summed E-state index contributed by atoms with van der Waals surface area (Å²) in [6.45, 7) is 6.41. The van der Waals surface area contributed by atoms with Crippen LogP contribution in [0.2, 0.25) is 0 Å². The minimum Gasteiger partial charge on any atom is -0.356 e. The average molecular weight is 217 g/mol. The van der Waals surface area contributed by atoms with E-state index in [1.54, 1.807) is 0 Å². The summed E-state index contributed by atoms with van der Waals surface area (Å²) in [6.07, 6.45) is 5.59. The van der Waals surface area contributed by atoms with Crippen molar-refractivity contribution in [1.82, 2.24) is 9.97 Å². The molecule has 1 aromatic rings. The van der Waals surface area contributed by atoms with Crippen molar-refractivity contribution in [3.8, 4) is 0 Å². The van der Waals surface area contributed by atoms with E-state index in [0.717, 1.165) is 23.9 Å². The molecule has 1 spiro atoms. The standard InChI is InChI=1S/C13H19N3/c1-10-8-12(15-11(2)14-10)16-7-3-4-13(9-16)5-6-13/h8H,3-7,9H2,1-2H3. The van der Waals surface area contributed by atoms with E-state index in [1.807, 2.05) is 6.92 Å². The highest BCUT2D eigenvalue weighted by atomic mass is 15.2. The van der Waals surface area contributed by atoms with Crippen molar-refractivity contribution in [1.29, 1.82) is 0 Å². The molecule has 1 saturated carbocycles. The van der Waals surface area contributed by atoms with Gasteiger partial charge < -0.3 is 4.90 Å². The summed E-state index contributed by atoms with van der Waals surface area (Å²) in [4.78, 5) is 11.4.